The third-order valence-electron chi connectivity index (χ3n) is 8.00. The molecule has 0 saturated carbocycles. The zero-order valence-corrected chi connectivity index (χ0v) is 26.9. The Labute approximate surface area is 266 Å². The highest BCUT2D eigenvalue weighted by Gasteiger charge is 2.33. The minimum Gasteiger partial charge on any atom is -0.464 e. The molecule has 2 aliphatic heterocycles. The smallest absolute Gasteiger partial charge is 0.410 e. The van der Waals surface area contributed by atoms with Crippen molar-refractivity contribution in [2.75, 3.05) is 37.7 Å². The maximum atomic E-state index is 13.2. The van der Waals surface area contributed by atoms with Crippen LogP contribution < -0.4 is 4.90 Å². The summed E-state index contributed by atoms with van der Waals surface area (Å²) in [5.74, 6) is -0.427. The summed E-state index contributed by atoms with van der Waals surface area (Å²) in [6, 6.07) is 9.09. The number of amides is 1. The van der Waals surface area contributed by atoms with Crippen molar-refractivity contribution in [3.8, 4) is 11.1 Å². The molecule has 1 amide bonds. The number of nitrogens with zero attached hydrogens (tertiary/aromatic N) is 6. The number of esters is 1. The second-order valence-electron chi connectivity index (χ2n) is 12.1. The zero-order valence-electron chi connectivity index (χ0n) is 25.3. The summed E-state index contributed by atoms with van der Waals surface area (Å²) in [4.78, 5) is 34.2. The fourth-order valence-corrected chi connectivity index (χ4v) is 6.44. The molecule has 10 nitrogen and oxygen atoms in total. The van der Waals surface area contributed by atoms with Gasteiger partial charge in [0.1, 0.15) is 11.1 Å². The van der Waals surface area contributed by atoms with Gasteiger partial charge in [0.05, 0.1) is 28.7 Å². The number of ether oxygens (including phenoxy) is 2. The number of halogens is 2. The Morgan fingerprint density at radius 2 is 1.77 bits per heavy atom. The van der Waals surface area contributed by atoms with Crippen LogP contribution >= 0.6 is 23.2 Å². The highest BCUT2D eigenvalue weighted by atomic mass is 35.5. The van der Waals surface area contributed by atoms with Gasteiger partial charge in [0.25, 0.3) is 0 Å². The number of rotatable bonds is 6. The summed E-state index contributed by atoms with van der Waals surface area (Å²) in [6.45, 7) is 11.1. The van der Waals surface area contributed by atoms with Gasteiger partial charge in [-0.25, -0.2) is 14.6 Å². The second-order valence-corrected chi connectivity index (χ2v) is 12.9. The Kier molecular flexibility index (Phi) is 8.24. The van der Waals surface area contributed by atoms with E-state index in [1.165, 1.54) is 0 Å². The van der Waals surface area contributed by atoms with E-state index in [9.17, 15) is 9.59 Å². The molecule has 2 aromatic heterocycles. The van der Waals surface area contributed by atoms with Gasteiger partial charge in [-0.1, -0.05) is 35.3 Å². The molecule has 1 fully saturated rings. The van der Waals surface area contributed by atoms with E-state index >= 15 is 0 Å². The molecule has 4 heterocycles. The minimum absolute atomic E-state index is 0.243. The number of piperazine rings is 1. The van der Waals surface area contributed by atoms with E-state index in [0.29, 0.717) is 52.8 Å². The van der Waals surface area contributed by atoms with Gasteiger partial charge >= 0.3 is 12.1 Å². The van der Waals surface area contributed by atoms with Gasteiger partial charge in [0.2, 0.25) is 0 Å². The monoisotopic (exact) mass is 638 g/mol. The van der Waals surface area contributed by atoms with E-state index in [1.54, 1.807) is 29.0 Å². The molecular formula is C32H36Cl2N6O4. The predicted octanol–water partition coefficient (Wildman–Crippen LogP) is 6.36. The van der Waals surface area contributed by atoms with Crippen molar-refractivity contribution in [1.29, 1.82) is 0 Å². The molecule has 12 heteroatoms. The number of imidazole rings is 1. The lowest BCUT2D eigenvalue weighted by Gasteiger charge is -2.36. The summed E-state index contributed by atoms with van der Waals surface area (Å²) < 4.78 is 14.6. The van der Waals surface area contributed by atoms with Gasteiger partial charge in [0, 0.05) is 61.3 Å². The van der Waals surface area contributed by atoms with Gasteiger partial charge in [-0.3, -0.25) is 4.68 Å². The molecule has 0 radical (unpaired) electrons. The highest BCUT2D eigenvalue weighted by molar-refractivity contribution is 6.42. The number of aryl methyl sites for hydroxylation is 1. The van der Waals surface area contributed by atoms with Gasteiger partial charge in [-0.2, -0.15) is 5.10 Å². The number of hydrogen-bond donors (Lipinski definition) is 0. The van der Waals surface area contributed by atoms with E-state index in [-0.39, 0.29) is 12.7 Å². The average Bonchev–Trinajstić information content (AvgIpc) is 3.73. The standard InChI is InChI=1S/C32H36Cl2N6O4/c1-5-43-30(41)29(28-25-7-6-12-39(25)19-35-28)40-18-23-24(33)17-22(26(34)27(23)36-40)20-8-10-21(11-9-20)37-13-15-38(16-14-37)31(42)44-32(2,3)4/h8-11,17-19,29H,5-7,12-16H2,1-4H3/t29-/m1/s1. The first-order valence-corrected chi connectivity index (χ1v) is 15.7. The Morgan fingerprint density at radius 3 is 2.45 bits per heavy atom. The Balaban J connectivity index is 1.25. The van der Waals surface area contributed by atoms with E-state index in [4.69, 9.17) is 37.8 Å². The van der Waals surface area contributed by atoms with Crippen molar-refractivity contribution in [3.63, 3.8) is 0 Å². The number of anilines is 1. The minimum atomic E-state index is -0.845. The van der Waals surface area contributed by atoms with Gasteiger partial charge in [-0.15, -0.1) is 0 Å². The molecule has 232 valence electrons. The van der Waals surface area contributed by atoms with Crippen LogP contribution in [-0.4, -0.2) is 74.7 Å². The quantitative estimate of drug-likeness (QED) is 0.227. The normalized spacial score (nSPS) is 15.9. The predicted molar refractivity (Wildman–Crippen MR) is 171 cm³/mol. The Hall–Kier alpha value is -3.76. The summed E-state index contributed by atoms with van der Waals surface area (Å²) in [7, 11) is 0. The first kappa shape index (κ1) is 30.3. The largest absolute Gasteiger partial charge is 0.464 e. The second kappa shape index (κ2) is 12.0. The maximum absolute atomic E-state index is 13.2. The van der Waals surface area contributed by atoms with E-state index in [2.05, 4.69) is 14.5 Å². The molecule has 6 rings (SSSR count). The topological polar surface area (TPSA) is 94.7 Å². The van der Waals surface area contributed by atoms with Gasteiger partial charge < -0.3 is 23.8 Å². The summed E-state index contributed by atoms with van der Waals surface area (Å²) >= 11 is 13.8. The number of fused-ring (bicyclic) bond motifs is 2. The van der Waals surface area contributed by atoms with Crippen molar-refractivity contribution < 1.29 is 19.1 Å². The lowest BCUT2D eigenvalue weighted by Crippen LogP contribution is -2.50. The van der Waals surface area contributed by atoms with Crippen LogP contribution in [0.2, 0.25) is 10.0 Å². The Morgan fingerprint density at radius 1 is 1.05 bits per heavy atom. The lowest BCUT2D eigenvalue weighted by molar-refractivity contribution is -0.146. The van der Waals surface area contributed by atoms with Crippen molar-refractivity contribution in [2.45, 2.75) is 58.7 Å². The zero-order chi connectivity index (χ0) is 31.2. The molecule has 2 aromatic carbocycles. The number of hydrogen-bond acceptors (Lipinski definition) is 7. The Bertz CT molecular complexity index is 1700. The van der Waals surface area contributed by atoms with Crippen LogP contribution in [-0.2, 0) is 27.2 Å². The summed E-state index contributed by atoms with van der Waals surface area (Å²) in [6.07, 6.45) is 5.08. The third kappa shape index (κ3) is 5.85. The fraction of sp³-hybridized carbons (Fsp3) is 0.438. The highest BCUT2D eigenvalue weighted by Crippen LogP contribution is 2.40. The van der Waals surface area contributed by atoms with E-state index in [0.717, 1.165) is 41.9 Å². The molecule has 1 saturated heterocycles. The van der Waals surface area contributed by atoms with Crippen molar-refractivity contribution in [1.82, 2.24) is 24.2 Å². The van der Waals surface area contributed by atoms with E-state index < -0.39 is 17.6 Å². The van der Waals surface area contributed by atoms with Crippen LogP contribution in [0.1, 0.15) is 51.5 Å². The van der Waals surface area contributed by atoms with Crippen LogP contribution in [0.25, 0.3) is 22.0 Å². The summed E-state index contributed by atoms with van der Waals surface area (Å²) in [5.41, 5.74) is 4.33. The van der Waals surface area contributed by atoms with Crippen LogP contribution in [0.3, 0.4) is 0 Å². The lowest BCUT2D eigenvalue weighted by atomic mass is 10.0. The molecule has 0 N–H and O–H groups in total. The number of benzene rings is 2. The molecular weight excluding hydrogens is 603 g/mol. The molecule has 0 unspecified atom stereocenters. The number of aromatic nitrogens is 4. The first-order chi connectivity index (χ1) is 21.0. The van der Waals surface area contributed by atoms with Crippen molar-refractivity contribution >= 4 is 51.9 Å². The molecule has 0 spiro atoms. The van der Waals surface area contributed by atoms with Crippen molar-refractivity contribution in [2.24, 2.45) is 0 Å². The van der Waals surface area contributed by atoms with Crippen molar-refractivity contribution in [3.05, 3.63) is 64.3 Å². The number of carbonyl (C=O) groups excluding carboxylic acids is 2. The summed E-state index contributed by atoms with van der Waals surface area (Å²) in [5, 5.41) is 6.34. The molecule has 0 bridgehead atoms. The first-order valence-electron chi connectivity index (χ1n) is 14.9. The fourth-order valence-electron chi connectivity index (χ4n) is 5.89. The third-order valence-corrected chi connectivity index (χ3v) is 8.70. The average molecular weight is 640 g/mol. The molecule has 4 aromatic rings. The maximum Gasteiger partial charge on any atom is 0.410 e. The molecule has 2 aliphatic rings. The van der Waals surface area contributed by atoms with Gasteiger partial charge in [0.15, 0.2) is 6.04 Å². The molecule has 1 atom stereocenters. The van der Waals surface area contributed by atoms with Crippen LogP contribution in [0, 0.1) is 0 Å². The van der Waals surface area contributed by atoms with Crippen LogP contribution in [0.5, 0.6) is 0 Å². The van der Waals surface area contributed by atoms with Crippen LogP contribution in [0.4, 0.5) is 10.5 Å². The van der Waals surface area contributed by atoms with Crippen LogP contribution in [0.15, 0.2) is 42.9 Å². The SMILES string of the molecule is CCOC(=O)[C@@H](c1ncn2c1CCC2)n1cc2c(Cl)cc(-c3ccc(N4CCN(C(=O)OC(C)(C)C)CC4)cc3)c(Cl)c2n1. The molecule has 0 aliphatic carbocycles. The van der Waals surface area contributed by atoms with Gasteiger partial charge in [-0.05, 0) is 64.3 Å². The number of carbonyl (C=O) groups is 2. The molecule has 44 heavy (non-hydrogen) atoms. The van der Waals surface area contributed by atoms with E-state index in [1.807, 2.05) is 51.1 Å².